The summed E-state index contributed by atoms with van der Waals surface area (Å²) in [6.45, 7) is 6.53. The van der Waals surface area contributed by atoms with E-state index in [2.05, 4.69) is 11.8 Å². The van der Waals surface area contributed by atoms with Crippen LogP contribution in [0.3, 0.4) is 0 Å². The number of nitrogens with zero attached hydrogens (tertiary/aromatic N) is 1. The summed E-state index contributed by atoms with van der Waals surface area (Å²) < 4.78 is 0. The quantitative estimate of drug-likeness (QED) is 0.668. The maximum Gasteiger partial charge on any atom is 0.000976 e. The molecule has 0 aromatic heterocycles. The maximum atomic E-state index is 2.71. The minimum atomic E-state index is 1.04. The molecule has 0 amide bonds. The molecule has 2 atom stereocenters. The van der Waals surface area contributed by atoms with Gasteiger partial charge in [0.15, 0.2) is 0 Å². The normalized spacial score (nSPS) is 34.9. The summed E-state index contributed by atoms with van der Waals surface area (Å²) >= 11 is 0. The molecule has 82 valence electrons. The predicted molar refractivity (Wildman–Crippen MR) is 61.4 cm³/mol. The van der Waals surface area contributed by atoms with E-state index in [0.717, 1.165) is 11.8 Å². The highest BCUT2D eigenvalue weighted by atomic mass is 15.1. The number of hydrogen-bond acceptors (Lipinski definition) is 1. The predicted octanol–water partition coefficient (Wildman–Crippen LogP) is 3.30. The molecule has 0 aromatic rings. The van der Waals surface area contributed by atoms with E-state index in [4.69, 9.17) is 0 Å². The van der Waals surface area contributed by atoms with Crippen LogP contribution in [0.25, 0.3) is 0 Å². The Bertz CT molecular complexity index is 161. The van der Waals surface area contributed by atoms with Crippen LogP contribution in [0.5, 0.6) is 0 Å². The van der Waals surface area contributed by atoms with E-state index in [1.165, 1.54) is 64.6 Å². The summed E-state index contributed by atoms with van der Waals surface area (Å²) in [5, 5.41) is 0. The van der Waals surface area contributed by atoms with Crippen molar-refractivity contribution in [2.24, 2.45) is 11.8 Å². The van der Waals surface area contributed by atoms with Gasteiger partial charge in [0.25, 0.3) is 0 Å². The highest BCUT2D eigenvalue weighted by molar-refractivity contribution is 4.78. The fourth-order valence-electron chi connectivity index (χ4n) is 3.22. The van der Waals surface area contributed by atoms with Gasteiger partial charge in [-0.05, 0) is 50.6 Å². The molecule has 0 N–H and O–H groups in total. The van der Waals surface area contributed by atoms with Gasteiger partial charge in [0.05, 0.1) is 0 Å². The van der Waals surface area contributed by atoms with Crippen LogP contribution in [-0.4, -0.2) is 24.5 Å². The number of hydrogen-bond donors (Lipinski definition) is 0. The van der Waals surface area contributed by atoms with E-state index >= 15 is 0 Å². The Morgan fingerprint density at radius 1 is 1.00 bits per heavy atom. The molecule has 0 spiro atoms. The third kappa shape index (κ3) is 2.73. The molecule has 0 radical (unpaired) electrons. The van der Waals surface area contributed by atoms with Crippen molar-refractivity contribution in [2.75, 3.05) is 19.6 Å². The van der Waals surface area contributed by atoms with Crippen molar-refractivity contribution >= 4 is 0 Å². The van der Waals surface area contributed by atoms with Crippen molar-refractivity contribution in [1.82, 2.24) is 4.90 Å². The molecule has 1 aliphatic heterocycles. The first-order valence-corrected chi connectivity index (χ1v) is 6.61. The van der Waals surface area contributed by atoms with E-state index in [9.17, 15) is 0 Å². The van der Waals surface area contributed by atoms with Crippen molar-refractivity contribution < 1.29 is 0 Å². The second-order valence-electron chi connectivity index (χ2n) is 5.31. The van der Waals surface area contributed by atoms with Crippen LogP contribution in [0.4, 0.5) is 0 Å². The molecule has 1 heterocycles. The summed E-state index contributed by atoms with van der Waals surface area (Å²) in [6.07, 6.45) is 10.3. The topological polar surface area (TPSA) is 3.24 Å². The molecular formula is C13H25N. The third-order valence-electron chi connectivity index (χ3n) is 4.19. The molecule has 1 saturated heterocycles. The zero-order chi connectivity index (χ0) is 9.80. The Kier molecular flexibility index (Phi) is 3.86. The van der Waals surface area contributed by atoms with Crippen LogP contribution in [0.1, 0.15) is 51.9 Å². The van der Waals surface area contributed by atoms with Crippen molar-refractivity contribution in [3.8, 4) is 0 Å². The van der Waals surface area contributed by atoms with E-state index in [1.807, 2.05) is 0 Å². The number of rotatable bonds is 3. The molecule has 1 nitrogen and oxygen atoms in total. The Balaban J connectivity index is 1.69. The van der Waals surface area contributed by atoms with Gasteiger partial charge in [0.1, 0.15) is 0 Å². The van der Waals surface area contributed by atoms with Crippen LogP contribution in [0.15, 0.2) is 0 Å². The Labute approximate surface area is 88.9 Å². The molecule has 1 aliphatic carbocycles. The second-order valence-corrected chi connectivity index (χ2v) is 5.31. The molecule has 0 bridgehead atoms. The highest BCUT2D eigenvalue weighted by Crippen LogP contribution is 2.33. The van der Waals surface area contributed by atoms with Crippen LogP contribution < -0.4 is 0 Å². The first kappa shape index (κ1) is 10.5. The van der Waals surface area contributed by atoms with Gasteiger partial charge in [0, 0.05) is 6.54 Å². The van der Waals surface area contributed by atoms with Crippen LogP contribution >= 0.6 is 0 Å². The molecule has 2 aliphatic rings. The second kappa shape index (κ2) is 5.16. The zero-order valence-electron chi connectivity index (χ0n) is 9.67. The average Bonchev–Trinajstić information content (AvgIpc) is 2.67. The molecule has 2 fully saturated rings. The maximum absolute atomic E-state index is 2.71. The van der Waals surface area contributed by atoms with Crippen molar-refractivity contribution in [3.63, 3.8) is 0 Å². The lowest BCUT2D eigenvalue weighted by atomic mass is 10.0. The molecule has 14 heavy (non-hydrogen) atoms. The fourth-order valence-corrected chi connectivity index (χ4v) is 3.22. The smallest absolute Gasteiger partial charge is 0.000976 e. The van der Waals surface area contributed by atoms with Crippen molar-refractivity contribution in [2.45, 2.75) is 51.9 Å². The van der Waals surface area contributed by atoms with Crippen LogP contribution in [-0.2, 0) is 0 Å². The van der Waals surface area contributed by atoms with Gasteiger partial charge in [0.2, 0.25) is 0 Å². The largest absolute Gasteiger partial charge is 0.303 e. The van der Waals surface area contributed by atoms with Gasteiger partial charge in [-0.2, -0.15) is 0 Å². The lowest BCUT2D eigenvalue weighted by Crippen LogP contribution is -2.33. The lowest BCUT2D eigenvalue weighted by Gasteiger charge is -2.29. The number of likely N-dealkylation sites (tertiary alicyclic amines) is 1. The summed E-state index contributed by atoms with van der Waals surface area (Å²) in [6, 6.07) is 0. The van der Waals surface area contributed by atoms with E-state index in [1.54, 1.807) is 0 Å². The monoisotopic (exact) mass is 195 g/mol. The first-order valence-electron chi connectivity index (χ1n) is 6.61. The molecule has 0 aromatic carbocycles. The lowest BCUT2D eigenvalue weighted by molar-refractivity contribution is 0.194. The molecule has 1 saturated carbocycles. The first-order chi connectivity index (χ1) is 6.88. The van der Waals surface area contributed by atoms with Gasteiger partial charge in [-0.25, -0.2) is 0 Å². The Morgan fingerprint density at radius 2 is 1.71 bits per heavy atom. The number of piperidine rings is 1. The SMILES string of the molecule is CCC1CCC(CN2CCCCC2)C1. The van der Waals surface area contributed by atoms with Gasteiger partial charge in [-0.1, -0.05) is 26.2 Å². The molecule has 2 unspecified atom stereocenters. The van der Waals surface area contributed by atoms with E-state index < -0.39 is 0 Å². The van der Waals surface area contributed by atoms with Crippen LogP contribution in [0.2, 0.25) is 0 Å². The van der Waals surface area contributed by atoms with Gasteiger partial charge in [-0.15, -0.1) is 0 Å². The van der Waals surface area contributed by atoms with Gasteiger partial charge >= 0.3 is 0 Å². The standard InChI is InChI=1S/C13H25N/c1-2-12-6-7-13(10-12)11-14-8-4-3-5-9-14/h12-13H,2-11H2,1H3. The van der Waals surface area contributed by atoms with Gasteiger partial charge in [-0.3, -0.25) is 0 Å². The van der Waals surface area contributed by atoms with Gasteiger partial charge < -0.3 is 4.90 Å². The molecular weight excluding hydrogens is 170 g/mol. The minimum absolute atomic E-state index is 1.04. The average molecular weight is 195 g/mol. The van der Waals surface area contributed by atoms with E-state index in [0.29, 0.717) is 0 Å². The molecule has 2 rings (SSSR count). The summed E-state index contributed by atoms with van der Waals surface area (Å²) in [7, 11) is 0. The zero-order valence-corrected chi connectivity index (χ0v) is 9.67. The minimum Gasteiger partial charge on any atom is -0.303 e. The van der Waals surface area contributed by atoms with Crippen LogP contribution in [0, 0.1) is 11.8 Å². The Hall–Kier alpha value is -0.0400. The van der Waals surface area contributed by atoms with Crippen molar-refractivity contribution in [3.05, 3.63) is 0 Å². The summed E-state index contributed by atoms with van der Waals surface area (Å²) in [5.41, 5.74) is 0. The Morgan fingerprint density at radius 3 is 2.36 bits per heavy atom. The summed E-state index contributed by atoms with van der Waals surface area (Å²) in [5.74, 6) is 2.10. The summed E-state index contributed by atoms with van der Waals surface area (Å²) in [4.78, 5) is 2.71. The highest BCUT2D eigenvalue weighted by Gasteiger charge is 2.25. The fraction of sp³-hybridized carbons (Fsp3) is 1.00. The third-order valence-corrected chi connectivity index (χ3v) is 4.19. The van der Waals surface area contributed by atoms with Crippen molar-refractivity contribution in [1.29, 1.82) is 0 Å². The molecule has 1 heteroatoms. The van der Waals surface area contributed by atoms with E-state index in [-0.39, 0.29) is 0 Å².